The molecule has 106 valence electrons. The minimum absolute atomic E-state index is 0.0414. The van der Waals surface area contributed by atoms with Gasteiger partial charge < -0.3 is 11.1 Å². The van der Waals surface area contributed by atoms with Gasteiger partial charge in [-0.2, -0.15) is 0 Å². The number of carbonyl (C=O) groups is 1. The third-order valence-corrected chi connectivity index (χ3v) is 3.29. The molecule has 2 rings (SSSR count). The topological polar surface area (TPSA) is 89.1 Å². The number of rotatable bonds is 8. The predicted octanol–water partition coefficient (Wildman–Crippen LogP) is -0.663. The number of amides is 1. The summed E-state index contributed by atoms with van der Waals surface area (Å²) in [5.41, 5.74) is 6.13. The maximum atomic E-state index is 11.7. The molecule has 1 aliphatic rings. The highest BCUT2D eigenvalue weighted by atomic mass is 16.2. The molecule has 0 aliphatic heterocycles. The molecule has 7 nitrogen and oxygen atoms in total. The number of carbonyl (C=O) groups excluding carboxylic acids is 1. The molecule has 1 heterocycles. The molecule has 0 saturated heterocycles. The van der Waals surface area contributed by atoms with E-state index < -0.39 is 0 Å². The molecule has 0 spiro atoms. The van der Waals surface area contributed by atoms with Gasteiger partial charge in [0.1, 0.15) is 6.54 Å². The third kappa shape index (κ3) is 4.29. The standard InChI is InChI=1S/C12H22N6O/c1-2-17(11-3-4-11)6-5-14-12(19)9-18-8-10(7-13)15-16-18/h8,11H,2-7,9,13H2,1H3,(H,14,19). The average Bonchev–Trinajstić information content (AvgIpc) is 3.15. The fraction of sp³-hybridized carbons (Fsp3) is 0.750. The van der Waals surface area contributed by atoms with E-state index in [2.05, 4.69) is 27.5 Å². The number of hydrogen-bond donors (Lipinski definition) is 2. The molecule has 0 radical (unpaired) electrons. The van der Waals surface area contributed by atoms with Crippen LogP contribution in [0.25, 0.3) is 0 Å². The van der Waals surface area contributed by atoms with Gasteiger partial charge in [0, 0.05) is 25.7 Å². The molecule has 7 heteroatoms. The first-order valence-electron chi connectivity index (χ1n) is 6.82. The van der Waals surface area contributed by atoms with Crippen molar-refractivity contribution in [1.29, 1.82) is 0 Å². The lowest BCUT2D eigenvalue weighted by Gasteiger charge is -2.19. The fourth-order valence-corrected chi connectivity index (χ4v) is 2.09. The highest BCUT2D eigenvalue weighted by molar-refractivity contribution is 5.75. The molecule has 0 aromatic carbocycles. The summed E-state index contributed by atoms with van der Waals surface area (Å²) in [6.07, 6.45) is 4.29. The smallest absolute Gasteiger partial charge is 0.241 e. The average molecular weight is 266 g/mol. The van der Waals surface area contributed by atoms with Crippen LogP contribution in [0.1, 0.15) is 25.5 Å². The largest absolute Gasteiger partial charge is 0.353 e. The Balaban J connectivity index is 1.66. The van der Waals surface area contributed by atoms with Crippen LogP contribution in [0.4, 0.5) is 0 Å². The van der Waals surface area contributed by atoms with Gasteiger partial charge in [0.15, 0.2) is 0 Å². The van der Waals surface area contributed by atoms with Gasteiger partial charge in [-0.15, -0.1) is 5.10 Å². The minimum atomic E-state index is -0.0414. The second-order valence-electron chi connectivity index (χ2n) is 4.82. The van der Waals surface area contributed by atoms with E-state index in [4.69, 9.17) is 5.73 Å². The van der Waals surface area contributed by atoms with Gasteiger partial charge in [-0.25, -0.2) is 4.68 Å². The number of nitrogens with two attached hydrogens (primary N) is 1. The van der Waals surface area contributed by atoms with E-state index in [1.54, 1.807) is 6.20 Å². The first-order chi connectivity index (χ1) is 9.22. The van der Waals surface area contributed by atoms with Crippen LogP contribution in [-0.4, -0.2) is 51.5 Å². The van der Waals surface area contributed by atoms with E-state index in [1.807, 2.05) is 0 Å². The third-order valence-electron chi connectivity index (χ3n) is 3.29. The molecule has 1 fully saturated rings. The van der Waals surface area contributed by atoms with E-state index in [0.717, 1.165) is 19.1 Å². The van der Waals surface area contributed by atoms with Gasteiger partial charge in [-0.05, 0) is 19.4 Å². The highest BCUT2D eigenvalue weighted by Gasteiger charge is 2.27. The lowest BCUT2D eigenvalue weighted by atomic mass is 10.4. The van der Waals surface area contributed by atoms with Crippen LogP contribution in [0, 0.1) is 0 Å². The van der Waals surface area contributed by atoms with Crippen molar-refractivity contribution in [2.75, 3.05) is 19.6 Å². The number of aromatic nitrogens is 3. The Bertz CT molecular complexity index is 414. The summed E-state index contributed by atoms with van der Waals surface area (Å²) < 4.78 is 1.51. The summed E-state index contributed by atoms with van der Waals surface area (Å²) in [4.78, 5) is 14.1. The first kappa shape index (κ1) is 14.0. The molecule has 0 atom stereocenters. The molecule has 0 bridgehead atoms. The summed E-state index contributed by atoms with van der Waals surface area (Å²) in [5.74, 6) is -0.0414. The molecule has 1 saturated carbocycles. The summed E-state index contributed by atoms with van der Waals surface area (Å²) >= 11 is 0. The Morgan fingerprint density at radius 3 is 3.00 bits per heavy atom. The normalized spacial score (nSPS) is 14.9. The van der Waals surface area contributed by atoms with E-state index in [-0.39, 0.29) is 12.5 Å². The highest BCUT2D eigenvalue weighted by Crippen LogP contribution is 2.25. The number of likely N-dealkylation sites (N-methyl/N-ethyl adjacent to an activating group) is 1. The quantitative estimate of drug-likeness (QED) is 0.652. The second kappa shape index (κ2) is 6.63. The van der Waals surface area contributed by atoms with Crippen molar-refractivity contribution in [1.82, 2.24) is 25.2 Å². The zero-order valence-corrected chi connectivity index (χ0v) is 11.4. The minimum Gasteiger partial charge on any atom is -0.353 e. The molecule has 3 N–H and O–H groups in total. The number of hydrogen-bond acceptors (Lipinski definition) is 5. The van der Waals surface area contributed by atoms with E-state index in [0.29, 0.717) is 18.8 Å². The van der Waals surface area contributed by atoms with Crippen LogP contribution in [0.5, 0.6) is 0 Å². The van der Waals surface area contributed by atoms with E-state index in [9.17, 15) is 4.79 Å². The molecule has 1 aromatic heterocycles. The van der Waals surface area contributed by atoms with Crippen molar-refractivity contribution in [3.05, 3.63) is 11.9 Å². The predicted molar refractivity (Wildman–Crippen MR) is 71.2 cm³/mol. The Morgan fingerprint density at radius 2 is 2.42 bits per heavy atom. The van der Waals surface area contributed by atoms with Gasteiger partial charge >= 0.3 is 0 Å². The molecule has 0 unspecified atom stereocenters. The Kier molecular flexibility index (Phi) is 4.86. The van der Waals surface area contributed by atoms with Gasteiger partial charge in [-0.3, -0.25) is 9.69 Å². The van der Waals surface area contributed by atoms with Gasteiger partial charge in [-0.1, -0.05) is 12.1 Å². The van der Waals surface area contributed by atoms with Crippen molar-refractivity contribution >= 4 is 5.91 Å². The van der Waals surface area contributed by atoms with Crippen LogP contribution >= 0.6 is 0 Å². The molecular weight excluding hydrogens is 244 g/mol. The van der Waals surface area contributed by atoms with Crippen LogP contribution in [0.3, 0.4) is 0 Å². The van der Waals surface area contributed by atoms with Crippen molar-refractivity contribution in [2.24, 2.45) is 5.73 Å². The van der Waals surface area contributed by atoms with Gasteiger partial charge in [0.25, 0.3) is 0 Å². The summed E-state index contributed by atoms with van der Waals surface area (Å²) in [6, 6.07) is 0.740. The zero-order valence-electron chi connectivity index (χ0n) is 11.4. The van der Waals surface area contributed by atoms with Crippen molar-refractivity contribution < 1.29 is 4.79 Å². The Hall–Kier alpha value is -1.47. The summed E-state index contributed by atoms with van der Waals surface area (Å²) in [5, 5.41) is 10.6. The van der Waals surface area contributed by atoms with E-state index >= 15 is 0 Å². The monoisotopic (exact) mass is 266 g/mol. The van der Waals surface area contributed by atoms with Gasteiger partial charge in [0.05, 0.1) is 11.9 Å². The Morgan fingerprint density at radius 1 is 1.63 bits per heavy atom. The molecule has 1 aromatic rings. The lowest BCUT2D eigenvalue weighted by molar-refractivity contribution is -0.121. The van der Waals surface area contributed by atoms with E-state index in [1.165, 1.54) is 17.5 Å². The summed E-state index contributed by atoms with van der Waals surface area (Å²) in [7, 11) is 0. The maximum absolute atomic E-state index is 11.7. The maximum Gasteiger partial charge on any atom is 0.241 e. The zero-order chi connectivity index (χ0) is 13.7. The van der Waals surface area contributed by atoms with Crippen LogP contribution in [-0.2, 0) is 17.9 Å². The van der Waals surface area contributed by atoms with Crippen molar-refractivity contribution in [2.45, 2.75) is 38.9 Å². The molecule has 1 amide bonds. The SMILES string of the molecule is CCN(CCNC(=O)Cn1cc(CN)nn1)C1CC1. The fourth-order valence-electron chi connectivity index (χ4n) is 2.09. The summed E-state index contributed by atoms with van der Waals surface area (Å²) in [6.45, 7) is 5.34. The van der Waals surface area contributed by atoms with Gasteiger partial charge in [0.2, 0.25) is 5.91 Å². The lowest BCUT2D eigenvalue weighted by Crippen LogP contribution is -2.37. The number of nitrogens with one attached hydrogen (secondary N) is 1. The molecule has 1 aliphatic carbocycles. The van der Waals surface area contributed by atoms with Crippen LogP contribution < -0.4 is 11.1 Å². The van der Waals surface area contributed by atoms with Crippen molar-refractivity contribution in [3.63, 3.8) is 0 Å². The van der Waals surface area contributed by atoms with Crippen molar-refractivity contribution in [3.8, 4) is 0 Å². The second-order valence-corrected chi connectivity index (χ2v) is 4.82. The molecular formula is C12H22N6O. The van der Waals surface area contributed by atoms with Crippen LogP contribution in [0.15, 0.2) is 6.20 Å². The molecule has 19 heavy (non-hydrogen) atoms. The first-order valence-corrected chi connectivity index (χ1v) is 6.82. The number of nitrogens with zero attached hydrogens (tertiary/aromatic N) is 4. The van der Waals surface area contributed by atoms with Crippen LogP contribution in [0.2, 0.25) is 0 Å². The Labute approximate surface area is 113 Å².